The molecule has 1 saturated carbocycles. The number of ether oxygens (including phenoxy) is 1. The molecule has 0 aliphatic heterocycles. The van der Waals surface area contributed by atoms with Gasteiger partial charge in [0.15, 0.2) is 0 Å². The quantitative estimate of drug-likeness (QED) is 0.588. The first-order chi connectivity index (χ1) is 4.83. The molecule has 0 N–H and O–H groups in total. The van der Waals surface area contributed by atoms with Crippen molar-refractivity contribution < 1.29 is 4.74 Å². The lowest BCUT2D eigenvalue weighted by Crippen LogP contribution is -1.99. The van der Waals surface area contributed by atoms with Crippen molar-refractivity contribution in [2.24, 2.45) is 11.8 Å². The lowest BCUT2D eigenvalue weighted by atomic mass is 10.0. The van der Waals surface area contributed by atoms with Gasteiger partial charge in [-0.25, -0.2) is 0 Å². The van der Waals surface area contributed by atoms with E-state index in [0.29, 0.717) is 0 Å². The first-order valence-corrected chi connectivity index (χ1v) is 4.32. The highest BCUT2D eigenvalue weighted by Gasteiger charge is 2.20. The summed E-state index contributed by atoms with van der Waals surface area (Å²) in [7, 11) is 1.79. The second kappa shape index (κ2) is 3.97. The van der Waals surface area contributed by atoms with Crippen LogP contribution in [0, 0.1) is 11.8 Å². The molecule has 1 heteroatoms. The van der Waals surface area contributed by atoms with Gasteiger partial charge >= 0.3 is 0 Å². The van der Waals surface area contributed by atoms with E-state index < -0.39 is 0 Å². The minimum atomic E-state index is 0.956. The molecule has 0 radical (unpaired) electrons. The molecule has 0 amide bonds. The molecule has 0 aromatic rings. The Balaban J connectivity index is 2.06. The largest absolute Gasteiger partial charge is 0.385 e. The van der Waals surface area contributed by atoms with E-state index in [-0.39, 0.29) is 0 Å². The van der Waals surface area contributed by atoms with E-state index >= 15 is 0 Å². The molecule has 0 aromatic heterocycles. The fourth-order valence-electron chi connectivity index (χ4n) is 1.87. The van der Waals surface area contributed by atoms with Crippen molar-refractivity contribution in [3.63, 3.8) is 0 Å². The Morgan fingerprint density at radius 1 is 1.40 bits per heavy atom. The molecule has 1 rings (SSSR count). The highest BCUT2D eigenvalue weighted by molar-refractivity contribution is 4.72. The Labute approximate surface area is 63.8 Å². The molecule has 10 heavy (non-hydrogen) atoms. The summed E-state index contributed by atoms with van der Waals surface area (Å²) in [6, 6.07) is 0. The van der Waals surface area contributed by atoms with Crippen LogP contribution in [0.2, 0.25) is 0 Å². The van der Waals surface area contributed by atoms with Gasteiger partial charge < -0.3 is 4.74 Å². The van der Waals surface area contributed by atoms with Crippen LogP contribution in [0.5, 0.6) is 0 Å². The van der Waals surface area contributed by atoms with E-state index in [0.717, 1.165) is 18.4 Å². The van der Waals surface area contributed by atoms with Crippen molar-refractivity contribution in [3.05, 3.63) is 0 Å². The minimum Gasteiger partial charge on any atom is -0.385 e. The van der Waals surface area contributed by atoms with Crippen LogP contribution in [0.15, 0.2) is 0 Å². The SMILES string of the molecule is COCCC1CCC(C)C1. The average molecular weight is 142 g/mol. The van der Waals surface area contributed by atoms with Gasteiger partial charge in [-0.15, -0.1) is 0 Å². The standard InChI is InChI=1S/C9H18O/c1-8-3-4-9(7-8)5-6-10-2/h8-9H,3-7H2,1-2H3. The molecule has 1 fully saturated rings. The van der Waals surface area contributed by atoms with Crippen molar-refractivity contribution in [1.29, 1.82) is 0 Å². The summed E-state index contributed by atoms with van der Waals surface area (Å²) < 4.78 is 5.04. The molecule has 0 spiro atoms. The fraction of sp³-hybridized carbons (Fsp3) is 1.00. The van der Waals surface area contributed by atoms with Gasteiger partial charge in [0, 0.05) is 13.7 Å². The lowest BCUT2D eigenvalue weighted by Gasteiger charge is -2.06. The van der Waals surface area contributed by atoms with E-state index in [1.807, 2.05) is 0 Å². The second-order valence-corrected chi connectivity index (χ2v) is 3.57. The Hall–Kier alpha value is -0.0400. The first-order valence-electron chi connectivity index (χ1n) is 4.32. The monoisotopic (exact) mass is 142 g/mol. The summed E-state index contributed by atoms with van der Waals surface area (Å²) in [6.45, 7) is 3.31. The van der Waals surface area contributed by atoms with Crippen molar-refractivity contribution in [1.82, 2.24) is 0 Å². The third-order valence-corrected chi connectivity index (χ3v) is 2.53. The maximum Gasteiger partial charge on any atom is 0.0464 e. The van der Waals surface area contributed by atoms with E-state index in [9.17, 15) is 0 Å². The Morgan fingerprint density at radius 3 is 2.70 bits per heavy atom. The Kier molecular flexibility index (Phi) is 3.20. The van der Waals surface area contributed by atoms with Crippen LogP contribution in [-0.2, 0) is 4.74 Å². The molecular weight excluding hydrogens is 124 g/mol. The van der Waals surface area contributed by atoms with Crippen molar-refractivity contribution in [2.75, 3.05) is 13.7 Å². The van der Waals surface area contributed by atoms with Crippen molar-refractivity contribution in [2.45, 2.75) is 32.6 Å². The highest BCUT2D eigenvalue weighted by atomic mass is 16.5. The molecule has 2 unspecified atom stereocenters. The van der Waals surface area contributed by atoms with E-state index in [1.165, 1.54) is 25.7 Å². The maximum absolute atomic E-state index is 5.04. The van der Waals surface area contributed by atoms with Crippen molar-refractivity contribution in [3.8, 4) is 0 Å². The summed E-state index contributed by atoms with van der Waals surface area (Å²) in [5.41, 5.74) is 0. The van der Waals surface area contributed by atoms with E-state index in [4.69, 9.17) is 4.74 Å². The van der Waals surface area contributed by atoms with Gasteiger partial charge in [-0.1, -0.05) is 19.8 Å². The normalized spacial score (nSPS) is 33.0. The third-order valence-electron chi connectivity index (χ3n) is 2.53. The molecule has 0 saturated heterocycles. The lowest BCUT2D eigenvalue weighted by molar-refractivity contribution is 0.177. The molecular formula is C9H18O. The fourth-order valence-corrected chi connectivity index (χ4v) is 1.87. The van der Waals surface area contributed by atoms with Crippen LogP contribution in [0.1, 0.15) is 32.6 Å². The molecule has 0 heterocycles. The molecule has 1 aliphatic carbocycles. The number of hydrogen-bond donors (Lipinski definition) is 0. The number of rotatable bonds is 3. The van der Waals surface area contributed by atoms with E-state index in [2.05, 4.69) is 6.92 Å². The predicted molar refractivity (Wildman–Crippen MR) is 43.0 cm³/mol. The summed E-state index contributed by atoms with van der Waals surface area (Å²) in [6.07, 6.45) is 5.59. The van der Waals surface area contributed by atoms with Crippen LogP contribution in [-0.4, -0.2) is 13.7 Å². The van der Waals surface area contributed by atoms with Gasteiger partial charge in [0.25, 0.3) is 0 Å². The highest BCUT2D eigenvalue weighted by Crippen LogP contribution is 2.32. The molecule has 0 bridgehead atoms. The zero-order valence-electron chi connectivity index (χ0n) is 7.10. The number of hydrogen-bond acceptors (Lipinski definition) is 1. The second-order valence-electron chi connectivity index (χ2n) is 3.57. The first kappa shape index (κ1) is 8.06. The van der Waals surface area contributed by atoms with Crippen molar-refractivity contribution >= 4 is 0 Å². The summed E-state index contributed by atoms with van der Waals surface area (Å²) in [5.74, 6) is 1.94. The number of methoxy groups -OCH3 is 1. The molecule has 60 valence electrons. The Morgan fingerprint density at radius 2 is 2.20 bits per heavy atom. The zero-order valence-corrected chi connectivity index (χ0v) is 7.10. The van der Waals surface area contributed by atoms with Gasteiger partial charge in [0.2, 0.25) is 0 Å². The molecule has 0 aromatic carbocycles. The Bertz CT molecular complexity index is 90.7. The summed E-state index contributed by atoms with van der Waals surface area (Å²) >= 11 is 0. The van der Waals surface area contributed by atoms with Gasteiger partial charge in [0.1, 0.15) is 0 Å². The van der Waals surface area contributed by atoms with Gasteiger partial charge in [0.05, 0.1) is 0 Å². The van der Waals surface area contributed by atoms with E-state index in [1.54, 1.807) is 7.11 Å². The molecule has 1 aliphatic rings. The van der Waals surface area contributed by atoms with Crippen LogP contribution in [0.3, 0.4) is 0 Å². The smallest absolute Gasteiger partial charge is 0.0464 e. The van der Waals surface area contributed by atoms with Gasteiger partial charge in [-0.3, -0.25) is 0 Å². The van der Waals surface area contributed by atoms with Crippen LogP contribution in [0.25, 0.3) is 0 Å². The maximum atomic E-state index is 5.04. The third kappa shape index (κ3) is 2.30. The van der Waals surface area contributed by atoms with Crippen LogP contribution < -0.4 is 0 Å². The zero-order chi connectivity index (χ0) is 7.40. The summed E-state index contributed by atoms with van der Waals surface area (Å²) in [4.78, 5) is 0. The van der Waals surface area contributed by atoms with Gasteiger partial charge in [-0.05, 0) is 24.7 Å². The van der Waals surface area contributed by atoms with Gasteiger partial charge in [-0.2, -0.15) is 0 Å². The average Bonchev–Trinajstić information content (AvgIpc) is 2.31. The topological polar surface area (TPSA) is 9.23 Å². The summed E-state index contributed by atoms with van der Waals surface area (Å²) in [5, 5.41) is 0. The molecule has 1 nitrogen and oxygen atoms in total. The van der Waals surface area contributed by atoms with Crippen LogP contribution in [0.4, 0.5) is 0 Å². The molecule has 2 atom stereocenters. The van der Waals surface area contributed by atoms with Crippen LogP contribution >= 0.6 is 0 Å². The predicted octanol–water partition coefficient (Wildman–Crippen LogP) is 2.46. The minimum absolute atomic E-state index is 0.956.